The van der Waals surface area contributed by atoms with Crippen LogP contribution in [0.5, 0.6) is 0 Å². The summed E-state index contributed by atoms with van der Waals surface area (Å²) in [5, 5.41) is 20.0. The number of hydrogen-bond acceptors (Lipinski definition) is 6. The van der Waals surface area contributed by atoms with Crippen LogP contribution in [0.1, 0.15) is 37.8 Å². The number of carboxylic acid groups (broad SMARTS) is 1. The number of H-pyrrole nitrogens is 2. The lowest BCUT2D eigenvalue weighted by atomic mass is 9.99. The minimum Gasteiger partial charge on any atom is -0.480 e. The van der Waals surface area contributed by atoms with Gasteiger partial charge in [0.05, 0.1) is 6.04 Å². The lowest BCUT2D eigenvalue weighted by Gasteiger charge is -2.26. The number of nitrogens with two attached hydrogens (primary N) is 1. The molecule has 4 unspecified atom stereocenters. The number of aromatic nitrogens is 2. The van der Waals surface area contributed by atoms with Gasteiger partial charge in [-0.1, -0.05) is 50.2 Å². The molecule has 12 heteroatoms. The molecule has 0 saturated carbocycles. The molecule has 3 amide bonds. The lowest BCUT2D eigenvalue weighted by molar-refractivity contribution is -0.142. The quantitative estimate of drug-likeness (QED) is 0.0988. The first-order chi connectivity index (χ1) is 21.6. The second-order valence-electron chi connectivity index (χ2n) is 11.7. The topological polar surface area (TPSA) is 182 Å². The number of amides is 3. The normalized spacial score (nSPS) is 14.2. The molecule has 2 aromatic carbocycles. The van der Waals surface area contributed by atoms with Crippen molar-refractivity contribution in [3.63, 3.8) is 0 Å². The fraction of sp³-hybridized carbons (Fsp3) is 0.394. The van der Waals surface area contributed by atoms with Crippen molar-refractivity contribution in [2.45, 2.75) is 63.7 Å². The van der Waals surface area contributed by atoms with E-state index in [1.807, 2.05) is 68.6 Å². The number of para-hydroxylation sites is 2. The third kappa shape index (κ3) is 8.89. The Morgan fingerprint density at radius 2 is 1.27 bits per heavy atom. The van der Waals surface area contributed by atoms with Gasteiger partial charge in [0.15, 0.2) is 0 Å². The van der Waals surface area contributed by atoms with Crippen LogP contribution in [0, 0.1) is 5.92 Å². The molecule has 11 nitrogen and oxygen atoms in total. The van der Waals surface area contributed by atoms with Crippen molar-refractivity contribution in [2.75, 3.05) is 12.0 Å². The van der Waals surface area contributed by atoms with Crippen LogP contribution in [0.15, 0.2) is 60.9 Å². The molecule has 0 aliphatic heterocycles. The number of fused-ring (bicyclic) bond motifs is 2. The van der Waals surface area contributed by atoms with Gasteiger partial charge in [0, 0.05) is 47.0 Å². The van der Waals surface area contributed by atoms with Crippen molar-refractivity contribution in [1.82, 2.24) is 25.9 Å². The highest BCUT2D eigenvalue weighted by Gasteiger charge is 2.31. The smallest absolute Gasteiger partial charge is 0.326 e. The van der Waals surface area contributed by atoms with E-state index in [4.69, 9.17) is 5.73 Å². The Kier molecular flexibility index (Phi) is 11.7. The standard InChI is InChI=1S/C33H42N6O5S/c1-19(2)14-27(31(41)39-29(33(43)44)16-21-18-36-26-11-7-5-9-23(21)26)38-32(42)28(37-30(40)24(34)12-13-45-3)15-20-17-35-25-10-6-4-8-22(20)25/h4-11,17-19,24,27-29,35-36H,12-16,34H2,1-3H3,(H,37,40)(H,38,42)(H,39,41)(H,43,44). The van der Waals surface area contributed by atoms with E-state index in [1.54, 1.807) is 24.2 Å². The van der Waals surface area contributed by atoms with E-state index >= 15 is 0 Å². The molecule has 4 aromatic rings. The van der Waals surface area contributed by atoms with Crippen LogP contribution in [-0.2, 0) is 32.0 Å². The summed E-state index contributed by atoms with van der Waals surface area (Å²) < 4.78 is 0. The first kappa shape index (κ1) is 33.6. The Morgan fingerprint density at radius 1 is 0.778 bits per heavy atom. The molecule has 2 aromatic heterocycles. The summed E-state index contributed by atoms with van der Waals surface area (Å²) in [6, 6.07) is 11.1. The number of aliphatic carboxylic acids is 1. The average molecular weight is 635 g/mol. The van der Waals surface area contributed by atoms with Gasteiger partial charge in [-0.15, -0.1) is 0 Å². The fourth-order valence-electron chi connectivity index (χ4n) is 5.35. The predicted molar refractivity (Wildman–Crippen MR) is 178 cm³/mol. The van der Waals surface area contributed by atoms with E-state index in [0.717, 1.165) is 32.9 Å². The molecule has 45 heavy (non-hydrogen) atoms. The molecule has 0 aliphatic rings. The number of rotatable bonds is 16. The van der Waals surface area contributed by atoms with Crippen molar-refractivity contribution >= 4 is 57.3 Å². The number of thioether (sulfide) groups is 1. The van der Waals surface area contributed by atoms with Gasteiger partial charge in [-0.25, -0.2) is 4.79 Å². The first-order valence-electron chi connectivity index (χ1n) is 15.1. The van der Waals surface area contributed by atoms with Crippen LogP contribution in [0.2, 0.25) is 0 Å². The summed E-state index contributed by atoms with van der Waals surface area (Å²) in [5.74, 6) is -2.13. The molecule has 0 fully saturated rings. The SMILES string of the molecule is CSCCC(N)C(=O)NC(Cc1c[nH]c2ccccc12)C(=O)NC(CC(C)C)C(=O)NC(Cc1c[nH]c2ccccc12)C(=O)O. The summed E-state index contributed by atoms with van der Waals surface area (Å²) in [6.07, 6.45) is 6.38. The zero-order valence-electron chi connectivity index (χ0n) is 25.8. The van der Waals surface area contributed by atoms with Crippen LogP contribution in [0.4, 0.5) is 0 Å². The number of carboxylic acids is 1. The molecule has 4 atom stereocenters. The van der Waals surface area contributed by atoms with Gasteiger partial charge in [0.25, 0.3) is 0 Å². The minimum atomic E-state index is -1.22. The van der Waals surface area contributed by atoms with Gasteiger partial charge in [0.2, 0.25) is 17.7 Å². The van der Waals surface area contributed by atoms with Crippen LogP contribution in [0.3, 0.4) is 0 Å². The number of carbonyl (C=O) groups excluding carboxylic acids is 3. The lowest BCUT2D eigenvalue weighted by Crippen LogP contribution is -2.58. The third-order valence-corrected chi connectivity index (χ3v) is 8.40. The second-order valence-corrected chi connectivity index (χ2v) is 12.7. The maximum absolute atomic E-state index is 13.8. The Labute approximate surface area is 266 Å². The maximum Gasteiger partial charge on any atom is 0.326 e. The van der Waals surface area contributed by atoms with Crippen molar-refractivity contribution in [3.05, 3.63) is 72.1 Å². The zero-order valence-corrected chi connectivity index (χ0v) is 26.6. The molecule has 2 heterocycles. The average Bonchev–Trinajstić information content (AvgIpc) is 3.62. The molecule has 0 spiro atoms. The summed E-state index contributed by atoms with van der Waals surface area (Å²) >= 11 is 1.57. The molecule has 240 valence electrons. The van der Waals surface area contributed by atoms with E-state index in [9.17, 15) is 24.3 Å². The van der Waals surface area contributed by atoms with Gasteiger partial charge in [-0.2, -0.15) is 11.8 Å². The Morgan fingerprint density at radius 3 is 1.80 bits per heavy atom. The third-order valence-electron chi connectivity index (χ3n) is 7.76. The van der Waals surface area contributed by atoms with Crippen molar-refractivity contribution in [1.29, 1.82) is 0 Å². The molecule has 4 rings (SSSR count). The van der Waals surface area contributed by atoms with Crippen LogP contribution >= 0.6 is 11.8 Å². The van der Waals surface area contributed by atoms with Gasteiger partial charge in [-0.3, -0.25) is 14.4 Å². The predicted octanol–water partition coefficient (Wildman–Crippen LogP) is 3.10. The molecule has 8 N–H and O–H groups in total. The summed E-state index contributed by atoms with van der Waals surface area (Å²) in [7, 11) is 0. The molecule has 0 aliphatic carbocycles. The van der Waals surface area contributed by atoms with Gasteiger partial charge in [0.1, 0.15) is 18.1 Å². The van der Waals surface area contributed by atoms with Gasteiger partial charge in [-0.05, 0) is 54.0 Å². The van der Waals surface area contributed by atoms with Gasteiger partial charge < -0.3 is 36.8 Å². The number of nitrogens with one attached hydrogen (secondary N) is 5. The molecule has 0 radical (unpaired) electrons. The highest BCUT2D eigenvalue weighted by atomic mass is 32.2. The summed E-state index contributed by atoms with van der Waals surface area (Å²) in [5.41, 5.74) is 9.44. The summed E-state index contributed by atoms with van der Waals surface area (Å²) in [4.78, 5) is 59.0. The Hall–Kier alpha value is -4.29. The molecule has 0 saturated heterocycles. The monoisotopic (exact) mass is 634 g/mol. The van der Waals surface area contributed by atoms with Crippen LogP contribution in [0.25, 0.3) is 21.8 Å². The number of hydrogen-bond donors (Lipinski definition) is 7. The fourth-order valence-corrected chi connectivity index (χ4v) is 5.84. The highest BCUT2D eigenvalue weighted by Crippen LogP contribution is 2.21. The van der Waals surface area contributed by atoms with Crippen molar-refractivity contribution < 1.29 is 24.3 Å². The minimum absolute atomic E-state index is 0.000398. The molecule has 0 bridgehead atoms. The van der Waals surface area contributed by atoms with Crippen LogP contribution < -0.4 is 21.7 Å². The maximum atomic E-state index is 13.8. The second kappa shape index (κ2) is 15.6. The van der Waals surface area contributed by atoms with Crippen molar-refractivity contribution in [3.8, 4) is 0 Å². The van der Waals surface area contributed by atoms with E-state index in [2.05, 4.69) is 25.9 Å². The molecular weight excluding hydrogens is 592 g/mol. The number of benzene rings is 2. The van der Waals surface area contributed by atoms with E-state index in [-0.39, 0.29) is 25.2 Å². The summed E-state index contributed by atoms with van der Waals surface area (Å²) in [6.45, 7) is 3.81. The molecular formula is C33H42N6O5S. The Balaban J connectivity index is 1.53. The Bertz CT molecular complexity index is 1630. The largest absolute Gasteiger partial charge is 0.480 e. The zero-order chi connectivity index (χ0) is 32.5. The first-order valence-corrected chi connectivity index (χ1v) is 16.4. The van der Waals surface area contributed by atoms with E-state index < -0.39 is 47.9 Å². The van der Waals surface area contributed by atoms with E-state index in [1.165, 1.54) is 0 Å². The number of carbonyl (C=O) groups is 4. The van der Waals surface area contributed by atoms with Crippen molar-refractivity contribution in [2.24, 2.45) is 11.7 Å². The highest BCUT2D eigenvalue weighted by molar-refractivity contribution is 7.98. The number of aromatic amines is 2. The van der Waals surface area contributed by atoms with Gasteiger partial charge >= 0.3 is 5.97 Å². The van der Waals surface area contributed by atoms with E-state index in [0.29, 0.717) is 12.2 Å². The van der Waals surface area contributed by atoms with Crippen LogP contribution in [-0.4, -0.2) is 74.9 Å².